The van der Waals surface area contributed by atoms with Gasteiger partial charge in [0.15, 0.2) is 0 Å². The number of aliphatic hydroxyl groups excluding tert-OH is 1. The van der Waals surface area contributed by atoms with E-state index in [1.807, 2.05) is 0 Å². The van der Waals surface area contributed by atoms with Crippen LogP contribution < -0.4 is 5.32 Å². The molecule has 1 rings (SSSR count). The molecule has 0 fully saturated rings. The smallest absolute Gasteiger partial charge is 0.253 e. The SMILES string of the molecule is CC(O)C(C)(C)NC(=O)c1ccnnc1. The zero-order valence-corrected chi connectivity index (χ0v) is 9.06. The highest BCUT2D eigenvalue weighted by Gasteiger charge is 2.26. The standard InChI is InChI=1S/C10H15N3O2/c1-7(14)10(2,3)13-9(15)8-4-5-11-12-6-8/h4-7,14H,1-3H3,(H,13,15). The number of nitrogens with one attached hydrogen (secondary N) is 1. The van der Waals surface area contributed by atoms with Crippen molar-refractivity contribution in [3.8, 4) is 0 Å². The van der Waals surface area contributed by atoms with Crippen molar-refractivity contribution in [2.75, 3.05) is 0 Å². The Hall–Kier alpha value is -1.49. The molecule has 5 nitrogen and oxygen atoms in total. The quantitative estimate of drug-likeness (QED) is 0.754. The van der Waals surface area contributed by atoms with Crippen LogP contribution in [0, 0.1) is 0 Å². The third-order valence-corrected chi connectivity index (χ3v) is 2.33. The van der Waals surface area contributed by atoms with Crippen molar-refractivity contribution in [2.45, 2.75) is 32.4 Å². The van der Waals surface area contributed by atoms with E-state index in [1.165, 1.54) is 12.4 Å². The molecule has 0 aliphatic carbocycles. The zero-order valence-electron chi connectivity index (χ0n) is 9.06. The highest BCUT2D eigenvalue weighted by molar-refractivity contribution is 5.94. The van der Waals surface area contributed by atoms with Gasteiger partial charge in [-0.15, -0.1) is 0 Å². The topological polar surface area (TPSA) is 75.1 Å². The summed E-state index contributed by atoms with van der Waals surface area (Å²) < 4.78 is 0. The number of carbonyl (C=O) groups is 1. The second-order valence-electron chi connectivity index (χ2n) is 3.98. The zero-order chi connectivity index (χ0) is 11.5. The van der Waals surface area contributed by atoms with E-state index in [4.69, 9.17) is 0 Å². The Kier molecular flexibility index (Phi) is 3.36. The normalized spacial score (nSPS) is 13.3. The number of amides is 1. The summed E-state index contributed by atoms with van der Waals surface area (Å²) in [7, 11) is 0. The lowest BCUT2D eigenvalue weighted by Gasteiger charge is -2.29. The molecule has 0 saturated heterocycles. The fourth-order valence-corrected chi connectivity index (χ4v) is 0.894. The van der Waals surface area contributed by atoms with Crippen molar-refractivity contribution >= 4 is 5.91 Å². The van der Waals surface area contributed by atoms with E-state index >= 15 is 0 Å². The van der Waals surface area contributed by atoms with Crippen molar-refractivity contribution in [2.24, 2.45) is 0 Å². The third-order valence-electron chi connectivity index (χ3n) is 2.33. The summed E-state index contributed by atoms with van der Waals surface area (Å²) in [6.07, 6.45) is 2.20. The summed E-state index contributed by atoms with van der Waals surface area (Å²) in [4.78, 5) is 11.7. The van der Waals surface area contributed by atoms with Crippen molar-refractivity contribution < 1.29 is 9.90 Å². The third kappa shape index (κ3) is 2.99. The molecular weight excluding hydrogens is 194 g/mol. The maximum atomic E-state index is 11.7. The lowest BCUT2D eigenvalue weighted by Crippen LogP contribution is -2.51. The number of aliphatic hydroxyl groups is 1. The van der Waals surface area contributed by atoms with Gasteiger partial charge in [0, 0.05) is 0 Å². The van der Waals surface area contributed by atoms with Gasteiger partial charge in [-0.25, -0.2) is 0 Å². The fourth-order valence-electron chi connectivity index (χ4n) is 0.894. The molecule has 2 N–H and O–H groups in total. The highest BCUT2D eigenvalue weighted by atomic mass is 16.3. The minimum Gasteiger partial charge on any atom is -0.391 e. The monoisotopic (exact) mass is 209 g/mol. The summed E-state index contributed by atoms with van der Waals surface area (Å²) in [5, 5.41) is 19.3. The molecule has 0 spiro atoms. The van der Waals surface area contributed by atoms with Crippen LogP contribution in [-0.4, -0.2) is 32.9 Å². The Balaban J connectivity index is 2.73. The Morgan fingerprint density at radius 2 is 2.20 bits per heavy atom. The molecule has 1 aromatic rings. The van der Waals surface area contributed by atoms with E-state index < -0.39 is 11.6 Å². The summed E-state index contributed by atoms with van der Waals surface area (Å²) >= 11 is 0. The number of hydrogen-bond acceptors (Lipinski definition) is 4. The van der Waals surface area contributed by atoms with Crippen LogP contribution in [0.1, 0.15) is 31.1 Å². The van der Waals surface area contributed by atoms with E-state index in [1.54, 1.807) is 26.8 Å². The van der Waals surface area contributed by atoms with Crippen LogP contribution >= 0.6 is 0 Å². The van der Waals surface area contributed by atoms with Crippen LogP contribution in [-0.2, 0) is 0 Å². The van der Waals surface area contributed by atoms with Crippen LogP contribution in [0.15, 0.2) is 18.5 Å². The van der Waals surface area contributed by atoms with Gasteiger partial charge < -0.3 is 10.4 Å². The molecular formula is C10H15N3O2. The highest BCUT2D eigenvalue weighted by Crippen LogP contribution is 2.09. The number of hydrogen-bond donors (Lipinski definition) is 2. The molecule has 1 heterocycles. The summed E-state index contributed by atoms with van der Waals surface area (Å²) in [5.74, 6) is -0.268. The predicted molar refractivity (Wildman–Crippen MR) is 55.3 cm³/mol. The maximum Gasteiger partial charge on any atom is 0.253 e. The van der Waals surface area contributed by atoms with Gasteiger partial charge in [0.25, 0.3) is 5.91 Å². The van der Waals surface area contributed by atoms with E-state index in [2.05, 4.69) is 15.5 Å². The van der Waals surface area contributed by atoms with Crippen molar-refractivity contribution in [3.63, 3.8) is 0 Å². The Morgan fingerprint density at radius 1 is 1.53 bits per heavy atom. The predicted octanol–water partition coefficient (Wildman–Crippen LogP) is 0.366. The fraction of sp³-hybridized carbons (Fsp3) is 0.500. The first-order chi connectivity index (χ1) is 6.93. The van der Waals surface area contributed by atoms with Gasteiger partial charge in [-0.2, -0.15) is 10.2 Å². The molecule has 0 aliphatic heterocycles. The van der Waals surface area contributed by atoms with E-state index in [9.17, 15) is 9.90 Å². The lowest BCUT2D eigenvalue weighted by atomic mass is 9.98. The maximum absolute atomic E-state index is 11.7. The minimum atomic E-state index is -0.666. The van der Waals surface area contributed by atoms with Crippen LogP contribution in [0.4, 0.5) is 0 Å². The van der Waals surface area contributed by atoms with Gasteiger partial charge in [0.1, 0.15) is 0 Å². The molecule has 0 radical (unpaired) electrons. The van der Waals surface area contributed by atoms with Crippen LogP contribution in [0.5, 0.6) is 0 Å². The molecule has 15 heavy (non-hydrogen) atoms. The first-order valence-electron chi connectivity index (χ1n) is 4.71. The summed E-state index contributed by atoms with van der Waals surface area (Å²) in [5.41, 5.74) is -0.237. The first-order valence-corrected chi connectivity index (χ1v) is 4.71. The number of carbonyl (C=O) groups excluding carboxylic acids is 1. The summed E-state index contributed by atoms with van der Waals surface area (Å²) in [6.45, 7) is 5.14. The van der Waals surface area contributed by atoms with Crippen LogP contribution in [0.2, 0.25) is 0 Å². The molecule has 0 aromatic carbocycles. The molecule has 1 unspecified atom stereocenters. The van der Waals surface area contributed by atoms with E-state index in [0.29, 0.717) is 5.56 Å². The number of rotatable bonds is 3. The van der Waals surface area contributed by atoms with Crippen molar-refractivity contribution in [3.05, 3.63) is 24.0 Å². The van der Waals surface area contributed by atoms with Gasteiger partial charge in [-0.05, 0) is 26.8 Å². The van der Waals surface area contributed by atoms with Gasteiger partial charge in [-0.3, -0.25) is 4.79 Å². The first kappa shape index (κ1) is 11.6. The average molecular weight is 209 g/mol. The molecule has 82 valence electrons. The molecule has 5 heteroatoms. The molecule has 0 bridgehead atoms. The molecule has 1 aromatic heterocycles. The molecule has 0 aliphatic rings. The number of aromatic nitrogens is 2. The van der Waals surface area contributed by atoms with E-state index in [0.717, 1.165) is 0 Å². The molecule has 0 saturated carbocycles. The second-order valence-corrected chi connectivity index (χ2v) is 3.98. The van der Waals surface area contributed by atoms with Crippen LogP contribution in [0.3, 0.4) is 0 Å². The lowest BCUT2D eigenvalue weighted by molar-refractivity contribution is 0.0709. The Labute approximate surface area is 88.5 Å². The van der Waals surface area contributed by atoms with Gasteiger partial charge >= 0.3 is 0 Å². The van der Waals surface area contributed by atoms with Gasteiger partial charge in [0.2, 0.25) is 0 Å². The second kappa shape index (κ2) is 4.35. The summed E-state index contributed by atoms with van der Waals surface area (Å²) in [6, 6.07) is 1.57. The van der Waals surface area contributed by atoms with Crippen molar-refractivity contribution in [1.29, 1.82) is 0 Å². The number of nitrogens with zero attached hydrogens (tertiary/aromatic N) is 2. The van der Waals surface area contributed by atoms with Crippen molar-refractivity contribution in [1.82, 2.24) is 15.5 Å². The Morgan fingerprint density at radius 3 is 2.67 bits per heavy atom. The average Bonchev–Trinajstić information content (AvgIpc) is 2.18. The largest absolute Gasteiger partial charge is 0.391 e. The van der Waals surface area contributed by atoms with Crippen LogP contribution in [0.25, 0.3) is 0 Å². The minimum absolute atomic E-state index is 0.268. The van der Waals surface area contributed by atoms with Gasteiger partial charge in [0.05, 0.1) is 29.6 Å². The Bertz CT molecular complexity index is 336. The van der Waals surface area contributed by atoms with E-state index in [-0.39, 0.29) is 5.91 Å². The molecule has 1 amide bonds. The van der Waals surface area contributed by atoms with Gasteiger partial charge in [-0.1, -0.05) is 0 Å². The molecule has 1 atom stereocenters.